The van der Waals surface area contributed by atoms with E-state index < -0.39 is 0 Å². The summed E-state index contributed by atoms with van der Waals surface area (Å²) in [5, 5.41) is 8.57. The predicted octanol–water partition coefficient (Wildman–Crippen LogP) is 2.48. The summed E-state index contributed by atoms with van der Waals surface area (Å²) in [5.74, 6) is 0.472. The Morgan fingerprint density at radius 3 is 2.73 bits per heavy atom. The first-order chi connectivity index (χ1) is 5.24. The van der Waals surface area contributed by atoms with E-state index in [1.807, 2.05) is 12.1 Å². The molecule has 0 spiro atoms. The molecule has 0 amide bonds. The third kappa shape index (κ3) is 1.81. The summed E-state index contributed by atoms with van der Waals surface area (Å²) < 4.78 is 0. The van der Waals surface area contributed by atoms with E-state index in [0.29, 0.717) is 11.5 Å². The number of rotatable bonds is 1. The van der Waals surface area contributed by atoms with Crippen molar-refractivity contribution in [3.63, 3.8) is 0 Å². The summed E-state index contributed by atoms with van der Waals surface area (Å²) >= 11 is 0. The van der Waals surface area contributed by atoms with Gasteiger partial charge in [-0.3, -0.25) is 0 Å². The van der Waals surface area contributed by atoms with Gasteiger partial charge >= 0.3 is 0 Å². The van der Waals surface area contributed by atoms with Gasteiger partial charge in [-0.05, 0) is 29.7 Å². The SMILES string of the molecule is CC(C)c1c[c]cc(C#N)c1. The number of hydrogen-bond donors (Lipinski definition) is 0. The van der Waals surface area contributed by atoms with Gasteiger partial charge in [0.05, 0.1) is 11.6 Å². The van der Waals surface area contributed by atoms with Crippen molar-refractivity contribution in [2.45, 2.75) is 19.8 Å². The zero-order chi connectivity index (χ0) is 8.27. The Morgan fingerprint density at radius 1 is 1.45 bits per heavy atom. The van der Waals surface area contributed by atoms with Gasteiger partial charge in [-0.15, -0.1) is 0 Å². The third-order valence-electron chi connectivity index (χ3n) is 1.61. The van der Waals surface area contributed by atoms with Crippen LogP contribution in [-0.4, -0.2) is 0 Å². The van der Waals surface area contributed by atoms with Crippen LogP contribution in [0.3, 0.4) is 0 Å². The molecule has 1 heteroatoms. The molecule has 0 aliphatic carbocycles. The highest BCUT2D eigenvalue weighted by Gasteiger charge is 1.98. The number of nitrogens with zero attached hydrogens (tertiary/aromatic N) is 1. The van der Waals surface area contributed by atoms with Gasteiger partial charge in [0.1, 0.15) is 0 Å². The fourth-order valence-electron chi connectivity index (χ4n) is 0.888. The minimum atomic E-state index is 0.472. The van der Waals surface area contributed by atoms with E-state index in [9.17, 15) is 0 Å². The maximum Gasteiger partial charge on any atom is 0.0991 e. The van der Waals surface area contributed by atoms with Gasteiger partial charge in [0.15, 0.2) is 0 Å². The lowest BCUT2D eigenvalue weighted by Gasteiger charge is -2.03. The summed E-state index contributed by atoms with van der Waals surface area (Å²) in [6.45, 7) is 4.20. The molecule has 1 nitrogen and oxygen atoms in total. The normalized spacial score (nSPS) is 9.64. The molecule has 0 aliphatic heterocycles. The Balaban J connectivity index is 3.03. The van der Waals surface area contributed by atoms with Crippen LogP contribution in [0.4, 0.5) is 0 Å². The Morgan fingerprint density at radius 2 is 2.18 bits per heavy atom. The predicted molar refractivity (Wildman–Crippen MR) is 44.1 cm³/mol. The first-order valence-corrected chi connectivity index (χ1v) is 3.65. The Kier molecular flexibility index (Phi) is 2.28. The average Bonchev–Trinajstić information content (AvgIpc) is 2.05. The van der Waals surface area contributed by atoms with Crippen molar-refractivity contribution in [3.05, 3.63) is 35.4 Å². The second-order valence-electron chi connectivity index (χ2n) is 2.82. The minimum Gasteiger partial charge on any atom is -0.192 e. The summed E-state index contributed by atoms with van der Waals surface area (Å²) in [6.07, 6.45) is 0. The lowest BCUT2D eigenvalue weighted by molar-refractivity contribution is 0.866. The second-order valence-corrected chi connectivity index (χ2v) is 2.82. The number of hydrogen-bond acceptors (Lipinski definition) is 1. The highest BCUT2D eigenvalue weighted by atomic mass is 14.2. The van der Waals surface area contributed by atoms with E-state index in [1.165, 1.54) is 5.56 Å². The first kappa shape index (κ1) is 7.81. The molecule has 0 heterocycles. The standard InChI is InChI=1S/C10H10N/c1-8(2)10-5-3-4-9(6-10)7-11/h4-6,8H,1-2H3. The fourth-order valence-corrected chi connectivity index (χ4v) is 0.888. The van der Waals surface area contributed by atoms with E-state index in [4.69, 9.17) is 5.26 Å². The van der Waals surface area contributed by atoms with Crippen molar-refractivity contribution in [2.75, 3.05) is 0 Å². The monoisotopic (exact) mass is 144 g/mol. The van der Waals surface area contributed by atoms with Crippen molar-refractivity contribution < 1.29 is 0 Å². The highest BCUT2D eigenvalue weighted by molar-refractivity contribution is 5.33. The summed E-state index contributed by atoms with van der Waals surface area (Å²) in [6, 6.07) is 10.6. The minimum absolute atomic E-state index is 0.472. The highest BCUT2D eigenvalue weighted by Crippen LogP contribution is 2.14. The third-order valence-corrected chi connectivity index (χ3v) is 1.61. The molecule has 0 saturated carbocycles. The van der Waals surface area contributed by atoms with Gasteiger partial charge in [-0.25, -0.2) is 0 Å². The molecule has 0 atom stereocenters. The summed E-state index contributed by atoms with van der Waals surface area (Å²) in [4.78, 5) is 0. The molecule has 0 aliphatic rings. The van der Waals surface area contributed by atoms with Gasteiger partial charge in [0, 0.05) is 0 Å². The van der Waals surface area contributed by atoms with Crippen molar-refractivity contribution >= 4 is 0 Å². The fraction of sp³-hybridized carbons (Fsp3) is 0.300. The first-order valence-electron chi connectivity index (χ1n) is 3.65. The zero-order valence-electron chi connectivity index (χ0n) is 6.76. The van der Waals surface area contributed by atoms with Crippen molar-refractivity contribution in [1.29, 1.82) is 5.26 Å². The quantitative estimate of drug-likeness (QED) is 0.594. The van der Waals surface area contributed by atoms with Crippen molar-refractivity contribution in [2.24, 2.45) is 0 Å². The van der Waals surface area contributed by atoms with E-state index >= 15 is 0 Å². The Bertz CT molecular complexity index is 281. The Hall–Kier alpha value is -1.29. The lowest BCUT2D eigenvalue weighted by atomic mass is 10.0. The van der Waals surface area contributed by atoms with Gasteiger partial charge in [0.2, 0.25) is 0 Å². The molecule has 1 aromatic carbocycles. The molecule has 0 bridgehead atoms. The average molecular weight is 144 g/mol. The molecular weight excluding hydrogens is 134 g/mol. The van der Waals surface area contributed by atoms with Gasteiger partial charge in [-0.1, -0.05) is 19.9 Å². The molecule has 0 fully saturated rings. The Labute approximate surface area is 67.3 Å². The molecule has 11 heavy (non-hydrogen) atoms. The van der Waals surface area contributed by atoms with E-state index in [-0.39, 0.29) is 0 Å². The molecule has 1 rings (SSSR count). The van der Waals surface area contributed by atoms with E-state index in [0.717, 1.165) is 0 Å². The van der Waals surface area contributed by atoms with Crippen LogP contribution in [0.15, 0.2) is 18.2 Å². The molecule has 0 N–H and O–H groups in total. The molecule has 1 aromatic rings. The molecule has 55 valence electrons. The van der Waals surface area contributed by atoms with E-state index in [2.05, 4.69) is 26.0 Å². The van der Waals surface area contributed by atoms with Crippen LogP contribution in [0.25, 0.3) is 0 Å². The second kappa shape index (κ2) is 3.21. The van der Waals surface area contributed by atoms with Crippen LogP contribution >= 0.6 is 0 Å². The number of benzene rings is 1. The van der Waals surface area contributed by atoms with Crippen LogP contribution in [0.1, 0.15) is 30.9 Å². The summed E-state index contributed by atoms with van der Waals surface area (Å²) in [5.41, 5.74) is 1.86. The van der Waals surface area contributed by atoms with Crippen molar-refractivity contribution in [3.8, 4) is 6.07 Å². The van der Waals surface area contributed by atoms with Gasteiger partial charge in [0.25, 0.3) is 0 Å². The summed E-state index contributed by atoms with van der Waals surface area (Å²) in [7, 11) is 0. The van der Waals surface area contributed by atoms with E-state index in [1.54, 1.807) is 6.07 Å². The lowest BCUT2D eigenvalue weighted by Crippen LogP contribution is -1.87. The van der Waals surface area contributed by atoms with Crippen LogP contribution in [-0.2, 0) is 0 Å². The van der Waals surface area contributed by atoms with Crippen molar-refractivity contribution in [1.82, 2.24) is 0 Å². The largest absolute Gasteiger partial charge is 0.192 e. The molecule has 0 aromatic heterocycles. The zero-order valence-corrected chi connectivity index (χ0v) is 6.76. The van der Waals surface area contributed by atoms with Crippen LogP contribution in [0, 0.1) is 17.4 Å². The molecule has 1 radical (unpaired) electrons. The van der Waals surface area contributed by atoms with Gasteiger partial charge < -0.3 is 0 Å². The molecule has 0 saturated heterocycles. The van der Waals surface area contributed by atoms with Gasteiger partial charge in [-0.2, -0.15) is 5.26 Å². The molecule has 0 unspecified atom stereocenters. The maximum atomic E-state index is 8.57. The van der Waals surface area contributed by atoms with Crippen LogP contribution in [0.2, 0.25) is 0 Å². The van der Waals surface area contributed by atoms with Crippen LogP contribution < -0.4 is 0 Å². The maximum absolute atomic E-state index is 8.57. The topological polar surface area (TPSA) is 23.8 Å². The van der Waals surface area contributed by atoms with Crippen LogP contribution in [0.5, 0.6) is 0 Å². The molecular formula is C10H10N. The smallest absolute Gasteiger partial charge is 0.0991 e. The number of nitriles is 1.